The fraction of sp³-hybridized carbons (Fsp3) is 0. The average molecular weight is 792 g/mol. The first-order chi connectivity index (χ1) is 30.8. The smallest absolute Gasteiger partial charge is 0.238 e. The standard InChI is InChI=1S/C57H37N5/c1-4-19-38(20-5-1)41-25-18-26-42(37-41)55-58-56(47-30-11-10-27-43(47)39-21-6-2-7-22-39)60-57(59-55)62-51-34-17-14-31-48(51)53-52(62)36-35-46-45-29-13-16-33-50(45)61(54(46)53)49-32-15-12-28-44(49)40-23-8-3-9-24-40/h1-37H. The highest BCUT2D eigenvalue weighted by Gasteiger charge is 2.24. The van der Waals surface area contributed by atoms with E-state index in [0.29, 0.717) is 17.6 Å². The first-order valence-electron chi connectivity index (χ1n) is 21.0. The number of hydrogen-bond acceptors (Lipinski definition) is 3. The van der Waals surface area contributed by atoms with E-state index in [0.717, 1.165) is 77.5 Å². The van der Waals surface area contributed by atoms with Crippen molar-refractivity contribution in [2.24, 2.45) is 0 Å². The molecule has 0 aliphatic rings. The summed E-state index contributed by atoms with van der Waals surface area (Å²) in [5, 5.41) is 4.64. The predicted octanol–water partition coefficient (Wildman–Crippen LogP) is 14.4. The summed E-state index contributed by atoms with van der Waals surface area (Å²) in [5.74, 6) is 1.76. The second kappa shape index (κ2) is 14.7. The van der Waals surface area contributed by atoms with Crippen LogP contribution in [0.4, 0.5) is 0 Å². The zero-order chi connectivity index (χ0) is 41.0. The van der Waals surface area contributed by atoms with E-state index in [9.17, 15) is 0 Å². The van der Waals surface area contributed by atoms with Gasteiger partial charge in [-0.25, -0.2) is 4.98 Å². The van der Waals surface area contributed by atoms with Crippen LogP contribution in [-0.2, 0) is 0 Å². The molecule has 0 bridgehead atoms. The minimum atomic E-state index is 0.552. The van der Waals surface area contributed by atoms with Crippen LogP contribution in [0.15, 0.2) is 224 Å². The molecule has 0 aliphatic heterocycles. The molecule has 0 atom stereocenters. The molecule has 290 valence electrons. The van der Waals surface area contributed by atoms with Gasteiger partial charge in [-0.3, -0.25) is 4.57 Å². The second-order valence-electron chi connectivity index (χ2n) is 15.6. The third kappa shape index (κ3) is 5.82. The van der Waals surface area contributed by atoms with E-state index in [-0.39, 0.29) is 0 Å². The van der Waals surface area contributed by atoms with Crippen LogP contribution in [0.1, 0.15) is 0 Å². The Hall–Kier alpha value is -8.41. The van der Waals surface area contributed by atoms with Gasteiger partial charge in [0, 0.05) is 38.2 Å². The van der Waals surface area contributed by atoms with E-state index < -0.39 is 0 Å². The lowest BCUT2D eigenvalue weighted by Crippen LogP contribution is -2.07. The Morgan fingerprint density at radius 1 is 0.290 bits per heavy atom. The van der Waals surface area contributed by atoms with Gasteiger partial charge in [0.1, 0.15) is 0 Å². The zero-order valence-corrected chi connectivity index (χ0v) is 33.6. The Kier molecular flexibility index (Phi) is 8.42. The van der Waals surface area contributed by atoms with Crippen molar-refractivity contribution in [2.45, 2.75) is 0 Å². The van der Waals surface area contributed by atoms with E-state index in [1.165, 1.54) is 16.3 Å². The summed E-state index contributed by atoms with van der Waals surface area (Å²) >= 11 is 0. The summed E-state index contributed by atoms with van der Waals surface area (Å²) in [4.78, 5) is 16.1. The number of rotatable bonds is 7. The van der Waals surface area contributed by atoms with Crippen LogP contribution < -0.4 is 0 Å². The maximum Gasteiger partial charge on any atom is 0.238 e. The molecule has 0 saturated heterocycles. The molecule has 0 fully saturated rings. The van der Waals surface area contributed by atoms with Gasteiger partial charge in [-0.2, -0.15) is 9.97 Å². The third-order valence-corrected chi connectivity index (χ3v) is 12.0. The second-order valence-corrected chi connectivity index (χ2v) is 15.6. The quantitative estimate of drug-likeness (QED) is 0.162. The molecule has 62 heavy (non-hydrogen) atoms. The Morgan fingerprint density at radius 3 is 1.56 bits per heavy atom. The zero-order valence-electron chi connectivity index (χ0n) is 33.6. The fourth-order valence-electron chi connectivity index (χ4n) is 9.24. The minimum Gasteiger partial charge on any atom is -0.308 e. The molecule has 9 aromatic carbocycles. The highest BCUT2D eigenvalue weighted by molar-refractivity contribution is 6.26. The molecule has 3 aromatic heterocycles. The Labute approximate surface area is 358 Å². The van der Waals surface area contributed by atoms with E-state index in [1.54, 1.807) is 0 Å². The first-order valence-corrected chi connectivity index (χ1v) is 21.0. The van der Waals surface area contributed by atoms with Crippen molar-refractivity contribution in [3.63, 3.8) is 0 Å². The number of fused-ring (bicyclic) bond motifs is 7. The SMILES string of the molecule is c1ccc(-c2cccc(-c3nc(-c4ccccc4-c4ccccc4)nc(-n4c5ccccc5c5c4ccc4c6ccccc6n(-c6ccccc6-c6ccccc6)c45)n3)c2)cc1. The molecular weight excluding hydrogens is 755 g/mol. The van der Waals surface area contributed by atoms with Crippen LogP contribution in [0.5, 0.6) is 0 Å². The summed E-state index contributed by atoms with van der Waals surface area (Å²) in [6.07, 6.45) is 0. The summed E-state index contributed by atoms with van der Waals surface area (Å²) in [7, 11) is 0. The van der Waals surface area contributed by atoms with Gasteiger partial charge in [-0.05, 0) is 58.1 Å². The number of aromatic nitrogens is 5. The van der Waals surface area contributed by atoms with E-state index in [4.69, 9.17) is 15.0 Å². The van der Waals surface area contributed by atoms with Crippen LogP contribution in [0.2, 0.25) is 0 Å². The number of para-hydroxylation sites is 3. The maximum absolute atomic E-state index is 5.43. The molecule has 0 spiro atoms. The Balaban J connectivity index is 1.17. The lowest BCUT2D eigenvalue weighted by atomic mass is 9.99. The number of hydrogen-bond donors (Lipinski definition) is 0. The number of benzene rings is 9. The largest absolute Gasteiger partial charge is 0.308 e. The van der Waals surface area contributed by atoms with Gasteiger partial charge < -0.3 is 4.57 Å². The monoisotopic (exact) mass is 791 g/mol. The van der Waals surface area contributed by atoms with Gasteiger partial charge >= 0.3 is 0 Å². The minimum absolute atomic E-state index is 0.552. The summed E-state index contributed by atoms with van der Waals surface area (Å²) < 4.78 is 4.69. The number of nitrogens with zero attached hydrogens (tertiary/aromatic N) is 5. The van der Waals surface area contributed by atoms with Crippen LogP contribution in [0, 0.1) is 0 Å². The van der Waals surface area contributed by atoms with Gasteiger partial charge in [0.15, 0.2) is 11.6 Å². The van der Waals surface area contributed by atoms with Crippen molar-refractivity contribution in [1.82, 2.24) is 24.1 Å². The third-order valence-electron chi connectivity index (χ3n) is 12.0. The molecule has 3 heterocycles. The molecular formula is C57H37N5. The van der Waals surface area contributed by atoms with Crippen molar-refractivity contribution in [2.75, 3.05) is 0 Å². The van der Waals surface area contributed by atoms with Crippen molar-refractivity contribution in [3.8, 4) is 67.8 Å². The van der Waals surface area contributed by atoms with E-state index in [2.05, 4.69) is 221 Å². The molecule has 0 saturated carbocycles. The maximum atomic E-state index is 5.43. The van der Waals surface area contributed by atoms with E-state index in [1.807, 2.05) is 12.1 Å². The molecule has 0 N–H and O–H groups in total. The van der Waals surface area contributed by atoms with Gasteiger partial charge in [-0.15, -0.1) is 0 Å². The predicted molar refractivity (Wildman–Crippen MR) is 256 cm³/mol. The van der Waals surface area contributed by atoms with Gasteiger partial charge in [0.25, 0.3) is 0 Å². The lowest BCUT2D eigenvalue weighted by molar-refractivity contribution is 0.954. The molecule has 0 amide bonds. The van der Waals surface area contributed by atoms with Gasteiger partial charge in [0.2, 0.25) is 5.95 Å². The molecule has 5 nitrogen and oxygen atoms in total. The van der Waals surface area contributed by atoms with Crippen LogP contribution >= 0.6 is 0 Å². The molecule has 12 rings (SSSR count). The fourth-order valence-corrected chi connectivity index (χ4v) is 9.24. The van der Waals surface area contributed by atoms with Gasteiger partial charge in [-0.1, -0.05) is 194 Å². The Bertz CT molecular complexity index is 3620. The molecule has 0 unspecified atom stereocenters. The van der Waals surface area contributed by atoms with Crippen LogP contribution in [0.25, 0.3) is 111 Å². The molecule has 5 heteroatoms. The molecule has 0 radical (unpaired) electrons. The lowest BCUT2D eigenvalue weighted by Gasteiger charge is -2.15. The summed E-state index contributed by atoms with van der Waals surface area (Å²) in [5.41, 5.74) is 14.0. The topological polar surface area (TPSA) is 48.5 Å². The van der Waals surface area contributed by atoms with Crippen molar-refractivity contribution >= 4 is 43.6 Å². The van der Waals surface area contributed by atoms with E-state index >= 15 is 0 Å². The van der Waals surface area contributed by atoms with Crippen molar-refractivity contribution < 1.29 is 0 Å². The average Bonchev–Trinajstić information content (AvgIpc) is 3.88. The van der Waals surface area contributed by atoms with Crippen LogP contribution in [-0.4, -0.2) is 24.1 Å². The van der Waals surface area contributed by atoms with Gasteiger partial charge in [0.05, 0.1) is 27.8 Å². The summed E-state index contributed by atoms with van der Waals surface area (Å²) in [6, 6.07) is 79.1. The van der Waals surface area contributed by atoms with Crippen LogP contribution in [0.3, 0.4) is 0 Å². The Morgan fingerprint density at radius 2 is 0.823 bits per heavy atom. The highest BCUT2D eigenvalue weighted by atomic mass is 15.2. The normalized spacial score (nSPS) is 11.5. The highest BCUT2D eigenvalue weighted by Crippen LogP contribution is 2.43. The first kappa shape index (κ1) is 35.5. The van der Waals surface area contributed by atoms with Crippen molar-refractivity contribution in [1.29, 1.82) is 0 Å². The molecule has 0 aliphatic carbocycles. The summed E-state index contributed by atoms with van der Waals surface area (Å²) in [6.45, 7) is 0. The van der Waals surface area contributed by atoms with Crippen molar-refractivity contribution in [3.05, 3.63) is 224 Å². The molecule has 12 aromatic rings.